The molecule has 2 N–H and O–H groups in total. The molecule has 0 bridgehead atoms. The molecule has 0 aliphatic carbocycles. The smallest absolute Gasteiger partial charge is 0.278 e. The minimum atomic E-state index is -0.395. The molecule has 2 amide bonds. The standard InChI is InChI=1S/C20H21N3O3S/c1-4-15-13(3)27-20(22-18(24)16-10-12(2)26-23-16)17(15)19(25)21-11-14-8-6-5-7-9-14/h5-10H,4,11H2,1-3H3,(H,21,25)(H,22,24). The quantitative estimate of drug-likeness (QED) is 0.671. The van der Waals surface area contributed by atoms with Crippen LogP contribution >= 0.6 is 11.3 Å². The summed E-state index contributed by atoms with van der Waals surface area (Å²) in [5, 5.41) is 10.0. The average molecular weight is 383 g/mol. The van der Waals surface area contributed by atoms with Crippen LogP contribution in [0, 0.1) is 13.8 Å². The largest absolute Gasteiger partial charge is 0.361 e. The van der Waals surface area contributed by atoms with Gasteiger partial charge in [-0.3, -0.25) is 9.59 Å². The first-order chi connectivity index (χ1) is 13.0. The highest BCUT2D eigenvalue weighted by Crippen LogP contribution is 2.33. The van der Waals surface area contributed by atoms with E-state index in [1.54, 1.807) is 13.0 Å². The predicted octanol–water partition coefficient (Wildman–Crippen LogP) is 4.10. The second kappa shape index (κ2) is 8.18. The van der Waals surface area contributed by atoms with Crippen LogP contribution in [-0.4, -0.2) is 17.0 Å². The Labute approximate surface area is 161 Å². The van der Waals surface area contributed by atoms with Crippen molar-refractivity contribution in [2.24, 2.45) is 0 Å². The zero-order valence-electron chi connectivity index (χ0n) is 15.5. The minimum absolute atomic E-state index is 0.187. The van der Waals surface area contributed by atoms with Gasteiger partial charge in [-0.25, -0.2) is 0 Å². The number of nitrogens with one attached hydrogen (secondary N) is 2. The molecule has 1 aromatic carbocycles. The Bertz CT molecular complexity index is 960. The third-order valence-corrected chi connectivity index (χ3v) is 5.24. The second-order valence-corrected chi connectivity index (χ2v) is 7.36. The summed E-state index contributed by atoms with van der Waals surface area (Å²) in [6, 6.07) is 11.3. The topological polar surface area (TPSA) is 84.2 Å². The van der Waals surface area contributed by atoms with Gasteiger partial charge in [0.15, 0.2) is 5.69 Å². The molecular formula is C20H21N3O3S. The lowest BCUT2D eigenvalue weighted by Crippen LogP contribution is -2.25. The number of nitrogens with zero attached hydrogens (tertiary/aromatic N) is 1. The van der Waals surface area contributed by atoms with Gasteiger partial charge in [0.25, 0.3) is 11.8 Å². The maximum atomic E-state index is 12.9. The maximum absolute atomic E-state index is 12.9. The van der Waals surface area contributed by atoms with Crippen molar-refractivity contribution in [3.63, 3.8) is 0 Å². The number of anilines is 1. The third-order valence-electron chi connectivity index (χ3n) is 4.17. The summed E-state index contributed by atoms with van der Waals surface area (Å²) in [6.45, 7) is 6.09. The first-order valence-corrected chi connectivity index (χ1v) is 9.50. The molecule has 0 saturated carbocycles. The van der Waals surface area contributed by atoms with Crippen molar-refractivity contribution in [2.75, 3.05) is 5.32 Å². The van der Waals surface area contributed by atoms with Gasteiger partial charge in [0, 0.05) is 17.5 Å². The fourth-order valence-electron chi connectivity index (χ4n) is 2.84. The molecule has 0 saturated heterocycles. The molecule has 0 aliphatic heterocycles. The lowest BCUT2D eigenvalue weighted by Gasteiger charge is -2.09. The van der Waals surface area contributed by atoms with E-state index in [9.17, 15) is 9.59 Å². The van der Waals surface area contributed by atoms with Crippen LogP contribution in [-0.2, 0) is 13.0 Å². The Morgan fingerprint density at radius 1 is 1.15 bits per heavy atom. The van der Waals surface area contributed by atoms with Crippen molar-refractivity contribution in [3.05, 3.63) is 69.4 Å². The lowest BCUT2D eigenvalue weighted by atomic mass is 10.1. The molecule has 0 spiro atoms. The Kier molecular flexibility index (Phi) is 5.71. The van der Waals surface area contributed by atoms with E-state index in [0.29, 0.717) is 29.3 Å². The molecule has 0 unspecified atom stereocenters. The van der Waals surface area contributed by atoms with E-state index in [0.717, 1.165) is 16.0 Å². The van der Waals surface area contributed by atoms with Crippen LogP contribution in [0.5, 0.6) is 0 Å². The molecule has 2 heterocycles. The van der Waals surface area contributed by atoms with Gasteiger partial charge in [-0.15, -0.1) is 11.3 Å². The third kappa shape index (κ3) is 4.25. The predicted molar refractivity (Wildman–Crippen MR) is 105 cm³/mol. The van der Waals surface area contributed by atoms with Crippen molar-refractivity contribution in [3.8, 4) is 0 Å². The van der Waals surface area contributed by atoms with E-state index in [4.69, 9.17) is 4.52 Å². The molecule has 27 heavy (non-hydrogen) atoms. The number of hydrogen-bond donors (Lipinski definition) is 2. The number of carbonyl (C=O) groups is 2. The SMILES string of the molecule is CCc1c(C)sc(NC(=O)c2cc(C)on2)c1C(=O)NCc1ccccc1. The number of hydrogen-bond acceptors (Lipinski definition) is 5. The van der Waals surface area contributed by atoms with E-state index in [1.165, 1.54) is 11.3 Å². The molecule has 7 heteroatoms. The van der Waals surface area contributed by atoms with Gasteiger partial charge in [0.1, 0.15) is 10.8 Å². The Hall–Kier alpha value is -2.93. The Balaban J connectivity index is 1.82. The van der Waals surface area contributed by atoms with Crippen LogP contribution in [0.3, 0.4) is 0 Å². The van der Waals surface area contributed by atoms with Crippen LogP contribution in [0.2, 0.25) is 0 Å². The fraction of sp³-hybridized carbons (Fsp3) is 0.250. The minimum Gasteiger partial charge on any atom is -0.361 e. The fourth-order valence-corrected chi connectivity index (χ4v) is 3.98. The van der Waals surface area contributed by atoms with Crippen LogP contribution in [0.15, 0.2) is 40.9 Å². The summed E-state index contributed by atoms with van der Waals surface area (Å²) in [4.78, 5) is 26.3. The number of benzene rings is 1. The summed E-state index contributed by atoms with van der Waals surface area (Å²) in [7, 11) is 0. The summed E-state index contributed by atoms with van der Waals surface area (Å²) in [5.41, 5.74) is 2.66. The van der Waals surface area contributed by atoms with Crippen molar-refractivity contribution in [2.45, 2.75) is 33.7 Å². The first kappa shape index (κ1) is 18.8. The van der Waals surface area contributed by atoms with Gasteiger partial charge in [-0.05, 0) is 31.4 Å². The van der Waals surface area contributed by atoms with Gasteiger partial charge in [0.2, 0.25) is 0 Å². The summed E-state index contributed by atoms with van der Waals surface area (Å²) < 4.78 is 4.95. The second-order valence-electron chi connectivity index (χ2n) is 6.14. The molecule has 140 valence electrons. The van der Waals surface area contributed by atoms with Gasteiger partial charge < -0.3 is 15.2 Å². The number of aryl methyl sites for hydroxylation is 2. The first-order valence-electron chi connectivity index (χ1n) is 8.68. The van der Waals surface area contributed by atoms with Crippen LogP contribution < -0.4 is 10.6 Å². The number of amides is 2. The van der Waals surface area contributed by atoms with Crippen molar-refractivity contribution in [1.29, 1.82) is 0 Å². The van der Waals surface area contributed by atoms with Crippen molar-refractivity contribution >= 4 is 28.2 Å². The zero-order chi connectivity index (χ0) is 19.4. The zero-order valence-corrected chi connectivity index (χ0v) is 16.3. The van der Waals surface area contributed by atoms with Crippen LogP contribution in [0.1, 0.15) is 49.5 Å². The lowest BCUT2D eigenvalue weighted by molar-refractivity contribution is 0.0951. The summed E-state index contributed by atoms with van der Waals surface area (Å²) in [6.07, 6.45) is 0.704. The van der Waals surface area contributed by atoms with Crippen LogP contribution in [0.25, 0.3) is 0 Å². The van der Waals surface area contributed by atoms with Crippen LogP contribution in [0.4, 0.5) is 5.00 Å². The highest BCUT2D eigenvalue weighted by atomic mass is 32.1. The molecular weight excluding hydrogens is 362 g/mol. The van der Waals surface area contributed by atoms with Gasteiger partial charge in [0.05, 0.1) is 5.56 Å². The molecule has 0 aliphatic rings. The molecule has 0 radical (unpaired) electrons. The maximum Gasteiger partial charge on any atom is 0.278 e. The van der Waals surface area contributed by atoms with Gasteiger partial charge in [-0.2, -0.15) is 0 Å². The number of rotatable bonds is 6. The highest BCUT2D eigenvalue weighted by Gasteiger charge is 2.23. The monoisotopic (exact) mass is 383 g/mol. The highest BCUT2D eigenvalue weighted by molar-refractivity contribution is 7.16. The van der Waals surface area contributed by atoms with Crippen molar-refractivity contribution in [1.82, 2.24) is 10.5 Å². The number of carbonyl (C=O) groups excluding carboxylic acids is 2. The Morgan fingerprint density at radius 3 is 2.52 bits per heavy atom. The van der Waals surface area contributed by atoms with E-state index < -0.39 is 5.91 Å². The number of aromatic nitrogens is 1. The number of thiophene rings is 1. The van der Waals surface area contributed by atoms with Crippen molar-refractivity contribution < 1.29 is 14.1 Å². The molecule has 3 rings (SSSR count). The molecule has 6 nitrogen and oxygen atoms in total. The van der Waals surface area contributed by atoms with E-state index in [-0.39, 0.29) is 11.6 Å². The van der Waals surface area contributed by atoms with E-state index >= 15 is 0 Å². The molecule has 0 atom stereocenters. The summed E-state index contributed by atoms with van der Waals surface area (Å²) in [5.74, 6) is -0.0443. The van der Waals surface area contributed by atoms with Gasteiger partial charge >= 0.3 is 0 Å². The summed E-state index contributed by atoms with van der Waals surface area (Å²) >= 11 is 1.39. The van der Waals surface area contributed by atoms with Gasteiger partial charge in [-0.1, -0.05) is 42.4 Å². The van der Waals surface area contributed by atoms with E-state index in [2.05, 4.69) is 15.8 Å². The average Bonchev–Trinajstić information content (AvgIpc) is 3.23. The molecule has 0 fully saturated rings. The molecule has 3 aromatic rings. The molecule has 2 aromatic heterocycles. The Morgan fingerprint density at radius 2 is 1.89 bits per heavy atom. The van der Waals surface area contributed by atoms with E-state index in [1.807, 2.05) is 44.2 Å². The normalized spacial score (nSPS) is 10.6.